The molecule has 1 aromatic rings. The van der Waals surface area contributed by atoms with E-state index in [-0.39, 0.29) is 0 Å². The maximum absolute atomic E-state index is 4.41. The lowest BCUT2D eigenvalue weighted by Crippen LogP contribution is -2.39. The third-order valence-electron chi connectivity index (χ3n) is 4.50. The molecule has 4 rings (SSSR count). The smallest absolute Gasteiger partial charge is 0.191 e. The van der Waals surface area contributed by atoms with Crippen LogP contribution < -0.4 is 10.6 Å². The van der Waals surface area contributed by atoms with Crippen LogP contribution in [0.3, 0.4) is 0 Å². The fourth-order valence-electron chi connectivity index (χ4n) is 3.45. The zero-order valence-electron chi connectivity index (χ0n) is 11.0. The standard InChI is InChI=1S/C15H20N4/c1-2-4-11(5-3-1)8-19-9-12-13(10-19)14(12)18-15-16-6-7-17-15/h1-5,12-14H,6-10H2,(H2,16,17,18). The second-order valence-corrected chi connectivity index (χ2v) is 5.83. The number of benzene rings is 1. The lowest BCUT2D eigenvalue weighted by Gasteiger charge is -2.20. The summed E-state index contributed by atoms with van der Waals surface area (Å²) in [7, 11) is 0. The molecule has 2 fully saturated rings. The van der Waals surface area contributed by atoms with Crippen molar-refractivity contribution in [2.24, 2.45) is 16.8 Å². The predicted octanol–water partition coefficient (Wildman–Crippen LogP) is 0.666. The lowest BCUT2D eigenvalue weighted by molar-refractivity contribution is 0.286. The molecular formula is C15H20N4. The van der Waals surface area contributed by atoms with E-state index in [9.17, 15) is 0 Å². The Morgan fingerprint density at radius 1 is 1.21 bits per heavy atom. The number of nitrogens with zero attached hydrogens (tertiary/aromatic N) is 2. The maximum Gasteiger partial charge on any atom is 0.191 e. The Bertz CT molecular complexity index is 472. The molecule has 2 atom stereocenters. The van der Waals surface area contributed by atoms with Gasteiger partial charge in [-0.05, 0) is 17.4 Å². The van der Waals surface area contributed by atoms with Crippen LogP contribution in [-0.4, -0.2) is 43.1 Å². The predicted molar refractivity (Wildman–Crippen MR) is 75.9 cm³/mol. The summed E-state index contributed by atoms with van der Waals surface area (Å²) >= 11 is 0. The summed E-state index contributed by atoms with van der Waals surface area (Å²) in [6.07, 6.45) is 0. The van der Waals surface area contributed by atoms with Crippen molar-refractivity contribution in [3.63, 3.8) is 0 Å². The van der Waals surface area contributed by atoms with Crippen LogP contribution in [0.15, 0.2) is 35.3 Å². The van der Waals surface area contributed by atoms with E-state index in [0.717, 1.165) is 37.4 Å². The van der Waals surface area contributed by atoms with Gasteiger partial charge in [0.1, 0.15) is 0 Å². The van der Waals surface area contributed by atoms with Gasteiger partial charge in [-0.1, -0.05) is 30.3 Å². The first-order chi connectivity index (χ1) is 9.40. The summed E-state index contributed by atoms with van der Waals surface area (Å²) in [5.41, 5.74) is 1.43. The van der Waals surface area contributed by atoms with Crippen LogP contribution in [0.2, 0.25) is 0 Å². The van der Waals surface area contributed by atoms with Crippen molar-refractivity contribution in [3.05, 3.63) is 35.9 Å². The van der Waals surface area contributed by atoms with Crippen molar-refractivity contribution in [1.29, 1.82) is 0 Å². The van der Waals surface area contributed by atoms with Gasteiger partial charge in [0.25, 0.3) is 0 Å². The van der Waals surface area contributed by atoms with E-state index in [1.54, 1.807) is 0 Å². The van der Waals surface area contributed by atoms with Gasteiger partial charge < -0.3 is 10.6 Å². The average molecular weight is 256 g/mol. The van der Waals surface area contributed by atoms with Gasteiger partial charge in [-0.3, -0.25) is 9.89 Å². The molecule has 3 aliphatic rings. The molecule has 100 valence electrons. The van der Waals surface area contributed by atoms with E-state index < -0.39 is 0 Å². The van der Waals surface area contributed by atoms with Gasteiger partial charge in [-0.2, -0.15) is 0 Å². The second-order valence-electron chi connectivity index (χ2n) is 5.83. The molecule has 0 aromatic heterocycles. The topological polar surface area (TPSA) is 39.7 Å². The van der Waals surface area contributed by atoms with Crippen molar-refractivity contribution in [1.82, 2.24) is 15.5 Å². The molecule has 1 aliphatic carbocycles. The summed E-state index contributed by atoms with van der Waals surface area (Å²) < 4.78 is 0. The van der Waals surface area contributed by atoms with E-state index in [4.69, 9.17) is 0 Å². The van der Waals surface area contributed by atoms with Crippen molar-refractivity contribution in [3.8, 4) is 0 Å². The highest BCUT2D eigenvalue weighted by Crippen LogP contribution is 2.45. The van der Waals surface area contributed by atoms with E-state index in [2.05, 4.69) is 50.9 Å². The summed E-state index contributed by atoms with van der Waals surface area (Å²) in [6, 6.07) is 11.4. The number of guanidine groups is 1. The van der Waals surface area contributed by atoms with Crippen molar-refractivity contribution < 1.29 is 0 Å². The van der Waals surface area contributed by atoms with Crippen molar-refractivity contribution >= 4 is 5.96 Å². The van der Waals surface area contributed by atoms with Crippen LogP contribution in [0.25, 0.3) is 0 Å². The van der Waals surface area contributed by atoms with Gasteiger partial charge in [-0.25, -0.2) is 0 Å². The SMILES string of the molecule is c1ccc(CN2CC3C(C2)C3NC2=NCCN2)cc1. The van der Waals surface area contributed by atoms with Crippen LogP contribution in [0.4, 0.5) is 0 Å². The van der Waals surface area contributed by atoms with Gasteiger partial charge in [0, 0.05) is 32.2 Å². The van der Waals surface area contributed by atoms with E-state index in [0.29, 0.717) is 6.04 Å². The number of hydrogen-bond donors (Lipinski definition) is 2. The Morgan fingerprint density at radius 2 is 2.00 bits per heavy atom. The Kier molecular flexibility index (Phi) is 2.69. The first-order valence-electron chi connectivity index (χ1n) is 7.21. The molecule has 2 N–H and O–H groups in total. The fraction of sp³-hybridized carbons (Fsp3) is 0.533. The van der Waals surface area contributed by atoms with Gasteiger partial charge >= 0.3 is 0 Å². The van der Waals surface area contributed by atoms with Crippen LogP contribution in [0.5, 0.6) is 0 Å². The summed E-state index contributed by atoms with van der Waals surface area (Å²) in [5.74, 6) is 2.68. The summed E-state index contributed by atoms with van der Waals surface area (Å²) in [5, 5.41) is 6.85. The zero-order valence-corrected chi connectivity index (χ0v) is 11.0. The van der Waals surface area contributed by atoms with Gasteiger partial charge in [0.15, 0.2) is 5.96 Å². The largest absolute Gasteiger partial charge is 0.355 e. The third-order valence-corrected chi connectivity index (χ3v) is 4.50. The molecule has 2 aliphatic heterocycles. The minimum Gasteiger partial charge on any atom is -0.355 e. The Balaban J connectivity index is 1.28. The van der Waals surface area contributed by atoms with Crippen LogP contribution in [-0.2, 0) is 6.54 Å². The fourth-order valence-corrected chi connectivity index (χ4v) is 3.45. The second kappa shape index (κ2) is 4.53. The number of fused-ring (bicyclic) bond motifs is 1. The number of piperidine rings is 1. The molecule has 2 unspecified atom stereocenters. The molecule has 4 nitrogen and oxygen atoms in total. The van der Waals surface area contributed by atoms with Gasteiger partial charge in [0.2, 0.25) is 0 Å². The molecular weight excluding hydrogens is 236 g/mol. The molecule has 0 spiro atoms. The minimum absolute atomic E-state index is 0.663. The molecule has 1 aromatic carbocycles. The number of nitrogens with one attached hydrogen (secondary N) is 2. The monoisotopic (exact) mass is 256 g/mol. The summed E-state index contributed by atoms with van der Waals surface area (Å²) in [6.45, 7) is 5.46. The van der Waals surface area contributed by atoms with E-state index >= 15 is 0 Å². The average Bonchev–Trinajstić information content (AvgIpc) is 2.87. The molecule has 1 saturated carbocycles. The summed E-state index contributed by atoms with van der Waals surface area (Å²) in [4.78, 5) is 6.99. The maximum atomic E-state index is 4.41. The van der Waals surface area contributed by atoms with Crippen molar-refractivity contribution in [2.75, 3.05) is 26.2 Å². The van der Waals surface area contributed by atoms with Gasteiger partial charge in [-0.15, -0.1) is 0 Å². The Morgan fingerprint density at radius 3 is 2.68 bits per heavy atom. The molecule has 0 amide bonds. The lowest BCUT2D eigenvalue weighted by atomic mass is 10.2. The van der Waals surface area contributed by atoms with Crippen LogP contribution in [0.1, 0.15) is 5.56 Å². The number of likely N-dealkylation sites (tertiary alicyclic amines) is 1. The van der Waals surface area contributed by atoms with Crippen LogP contribution >= 0.6 is 0 Å². The zero-order chi connectivity index (χ0) is 12.7. The van der Waals surface area contributed by atoms with E-state index in [1.165, 1.54) is 18.7 Å². The highest BCUT2D eigenvalue weighted by molar-refractivity contribution is 5.82. The van der Waals surface area contributed by atoms with E-state index in [1.807, 2.05) is 0 Å². The number of hydrogen-bond acceptors (Lipinski definition) is 4. The molecule has 4 heteroatoms. The van der Waals surface area contributed by atoms with Gasteiger partial charge in [0.05, 0.1) is 6.54 Å². The quantitative estimate of drug-likeness (QED) is 0.835. The highest BCUT2D eigenvalue weighted by atomic mass is 15.3. The Hall–Kier alpha value is -1.55. The molecule has 0 radical (unpaired) electrons. The molecule has 0 bridgehead atoms. The molecule has 19 heavy (non-hydrogen) atoms. The number of aliphatic imine (C=N–C) groups is 1. The number of rotatable bonds is 3. The first-order valence-corrected chi connectivity index (χ1v) is 7.21. The molecule has 1 saturated heterocycles. The molecule has 2 heterocycles. The normalized spacial score (nSPS) is 32.6. The van der Waals surface area contributed by atoms with Crippen LogP contribution in [0, 0.1) is 11.8 Å². The minimum atomic E-state index is 0.663. The highest BCUT2D eigenvalue weighted by Gasteiger charge is 2.56. The Labute approximate surface area is 113 Å². The van der Waals surface area contributed by atoms with Crippen molar-refractivity contribution in [2.45, 2.75) is 12.6 Å². The first kappa shape index (κ1) is 11.3. The third kappa shape index (κ3) is 2.21.